The van der Waals surface area contributed by atoms with Crippen molar-refractivity contribution in [3.8, 4) is 5.75 Å². The number of carbonyl (C=O) groups is 1. The number of methoxy groups -OCH3 is 2. The second-order valence-corrected chi connectivity index (χ2v) is 15.9. The van der Waals surface area contributed by atoms with Crippen LogP contribution in [-0.2, 0) is 30.0 Å². The molecule has 0 heterocycles. The number of hydrogen-bond acceptors (Lipinski definition) is 6. The highest BCUT2D eigenvalue weighted by Crippen LogP contribution is 2.37. The zero-order valence-electron chi connectivity index (χ0n) is 23.6. The largest absolute Gasteiger partial charge is 0.497 e. The maximum absolute atomic E-state index is 12.0. The Morgan fingerprint density at radius 3 is 2.23 bits per heavy atom. The molecule has 0 N–H and O–H groups in total. The summed E-state index contributed by atoms with van der Waals surface area (Å²) in [6.07, 6.45) is 4.69. The normalized spacial score (nSPS) is 16.2. The highest BCUT2D eigenvalue weighted by atomic mass is 28.4. The lowest BCUT2D eigenvalue weighted by Gasteiger charge is -2.37. The van der Waals surface area contributed by atoms with Crippen LogP contribution in [0.3, 0.4) is 0 Å². The van der Waals surface area contributed by atoms with Crippen LogP contribution < -0.4 is 4.74 Å². The molecule has 3 atom stereocenters. The average molecular weight is 509 g/mol. The third-order valence-corrected chi connectivity index (χ3v) is 11.3. The van der Waals surface area contributed by atoms with Gasteiger partial charge in [-0.2, -0.15) is 0 Å². The van der Waals surface area contributed by atoms with Gasteiger partial charge in [-0.1, -0.05) is 52.0 Å². The lowest BCUT2D eigenvalue weighted by molar-refractivity contribution is -0.179. The first-order valence-corrected chi connectivity index (χ1v) is 15.3. The Hall–Kier alpha value is -1.51. The molecule has 0 saturated carbocycles. The van der Waals surface area contributed by atoms with Crippen molar-refractivity contribution in [1.29, 1.82) is 0 Å². The third kappa shape index (κ3) is 11.0. The number of hydrogen-bond donors (Lipinski definition) is 0. The Kier molecular flexibility index (Phi) is 12.9. The van der Waals surface area contributed by atoms with Gasteiger partial charge in [0.15, 0.2) is 8.32 Å². The molecule has 0 saturated heterocycles. The molecule has 0 bridgehead atoms. The molecule has 0 amide bonds. The van der Waals surface area contributed by atoms with Crippen LogP contribution in [0.2, 0.25) is 18.1 Å². The predicted octanol–water partition coefficient (Wildman–Crippen LogP) is 6.54. The van der Waals surface area contributed by atoms with Crippen molar-refractivity contribution < 1.29 is 28.2 Å². The summed E-state index contributed by atoms with van der Waals surface area (Å²) in [6, 6.07) is 7.78. The van der Waals surface area contributed by atoms with E-state index < -0.39 is 20.0 Å². The molecule has 0 aliphatic rings. The van der Waals surface area contributed by atoms with Crippen molar-refractivity contribution in [1.82, 2.24) is 0 Å². The second-order valence-electron chi connectivity index (χ2n) is 11.1. The van der Waals surface area contributed by atoms with Gasteiger partial charge in [-0.15, -0.1) is 0 Å². The van der Waals surface area contributed by atoms with Crippen LogP contribution in [0, 0.1) is 5.92 Å². The monoisotopic (exact) mass is 508 g/mol. The summed E-state index contributed by atoms with van der Waals surface area (Å²) in [4.78, 5) is 12.0. The Morgan fingerprint density at radius 2 is 1.71 bits per heavy atom. The Bertz CT molecular complexity index is 784. The van der Waals surface area contributed by atoms with Gasteiger partial charge in [0, 0.05) is 20.1 Å². The quantitative estimate of drug-likeness (QED) is 0.143. The number of Topliss-reactive ketones (excluding diaryl/α,β-unsaturated/α-hetero) is 1. The predicted molar refractivity (Wildman–Crippen MR) is 144 cm³/mol. The first-order valence-electron chi connectivity index (χ1n) is 12.4. The summed E-state index contributed by atoms with van der Waals surface area (Å²) >= 11 is 0. The van der Waals surface area contributed by atoms with Crippen molar-refractivity contribution in [2.24, 2.45) is 5.92 Å². The molecule has 6 nitrogen and oxygen atoms in total. The molecule has 200 valence electrons. The number of carbonyl (C=O) groups excluding carboxylic acids is 1. The summed E-state index contributed by atoms with van der Waals surface area (Å²) in [5, 5.41) is 0.183. The van der Waals surface area contributed by atoms with Crippen LogP contribution in [0.4, 0.5) is 0 Å². The van der Waals surface area contributed by atoms with Gasteiger partial charge in [0.05, 0.1) is 25.4 Å². The molecule has 0 radical (unpaired) electrons. The lowest BCUT2D eigenvalue weighted by atomic mass is 9.90. The Morgan fingerprint density at radius 1 is 1.09 bits per heavy atom. The fraction of sp³-hybridized carbons (Fsp3) is 0.679. The lowest BCUT2D eigenvalue weighted by Crippen LogP contribution is -2.45. The highest BCUT2D eigenvalue weighted by Gasteiger charge is 2.38. The van der Waals surface area contributed by atoms with Crippen LogP contribution in [0.15, 0.2) is 36.4 Å². The van der Waals surface area contributed by atoms with E-state index in [1.54, 1.807) is 21.1 Å². The van der Waals surface area contributed by atoms with Crippen LogP contribution in [0.5, 0.6) is 5.75 Å². The molecule has 0 fully saturated rings. The number of rotatable bonds is 16. The topological polar surface area (TPSA) is 63.2 Å². The first kappa shape index (κ1) is 31.5. The van der Waals surface area contributed by atoms with Gasteiger partial charge in [-0.3, -0.25) is 4.79 Å². The van der Waals surface area contributed by atoms with Crippen molar-refractivity contribution in [2.75, 3.05) is 27.6 Å². The Labute approximate surface area is 214 Å². The van der Waals surface area contributed by atoms with E-state index in [0.717, 1.165) is 11.3 Å². The van der Waals surface area contributed by atoms with Crippen LogP contribution in [0.25, 0.3) is 0 Å². The van der Waals surface area contributed by atoms with Crippen molar-refractivity contribution in [3.63, 3.8) is 0 Å². The fourth-order valence-electron chi connectivity index (χ4n) is 3.26. The summed E-state index contributed by atoms with van der Waals surface area (Å²) in [7, 11) is 1.43. The van der Waals surface area contributed by atoms with E-state index in [-0.39, 0.29) is 30.0 Å². The minimum atomic E-state index is -1.79. The van der Waals surface area contributed by atoms with E-state index in [1.165, 1.54) is 0 Å². The third-order valence-electron chi connectivity index (χ3n) is 6.77. The summed E-state index contributed by atoms with van der Waals surface area (Å²) < 4.78 is 29.1. The van der Waals surface area contributed by atoms with Crippen molar-refractivity contribution >= 4 is 14.1 Å². The molecule has 1 rings (SSSR count). The fourth-order valence-corrected chi connectivity index (χ4v) is 4.37. The maximum Gasteiger partial charge on any atom is 0.192 e. The second kappa shape index (κ2) is 14.3. The minimum absolute atomic E-state index is 0.0468. The molecule has 1 aromatic rings. The van der Waals surface area contributed by atoms with Gasteiger partial charge in [0.2, 0.25) is 0 Å². The smallest absolute Gasteiger partial charge is 0.192 e. The average Bonchev–Trinajstić information content (AvgIpc) is 2.78. The van der Waals surface area contributed by atoms with E-state index in [2.05, 4.69) is 52.9 Å². The van der Waals surface area contributed by atoms with Crippen molar-refractivity contribution in [3.05, 3.63) is 42.0 Å². The van der Waals surface area contributed by atoms with Gasteiger partial charge < -0.3 is 23.4 Å². The first-order chi connectivity index (χ1) is 16.2. The molecular weight excluding hydrogens is 460 g/mol. The molecule has 0 aliphatic heterocycles. The van der Waals surface area contributed by atoms with E-state index >= 15 is 0 Å². The zero-order chi connectivity index (χ0) is 26.7. The Balaban J connectivity index is 2.96. The van der Waals surface area contributed by atoms with E-state index in [1.807, 2.05) is 31.2 Å². The van der Waals surface area contributed by atoms with E-state index in [4.69, 9.17) is 23.4 Å². The molecule has 0 spiro atoms. The standard InChI is InChI=1S/C28H48O6Si/c1-22(19-34-35(9,10)27(3,4)5)12-11-17-28(6,26(18-23(2)29)32-21-30-7)33-20-24-13-15-25(31-8)16-14-24/h11-16,22,26H,17-21H2,1-10H3/b12-11+/t22-,26-,28-/m1/s1. The molecule has 35 heavy (non-hydrogen) atoms. The van der Waals surface area contributed by atoms with E-state index in [9.17, 15) is 4.79 Å². The minimum Gasteiger partial charge on any atom is -0.497 e. The SMILES string of the molecule is COCO[C@H](CC(C)=O)[C@@](C)(C/C=C/[C@@H](C)CO[Si](C)(C)C(C)(C)C)OCc1ccc(OC)cc1. The van der Waals surface area contributed by atoms with Gasteiger partial charge in [0.25, 0.3) is 0 Å². The number of ether oxygens (including phenoxy) is 4. The molecule has 0 aliphatic carbocycles. The van der Waals surface area contributed by atoms with Gasteiger partial charge >= 0.3 is 0 Å². The van der Waals surface area contributed by atoms with Gasteiger partial charge in [-0.05, 0) is 62.0 Å². The molecule has 1 aromatic carbocycles. The van der Waals surface area contributed by atoms with Crippen LogP contribution in [-0.4, -0.2) is 53.4 Å². The van der Waals surface area contributed by atoms with Crippen molar-refractivity contribution in [2.45, 2.75) is 90.8 Å². The maximum atomic E-state index is 12.0. The summed E-state index contributed by atoms with van der Waals surface area (Å²) in [6.45, 7) is 18.2. The highest BCUT2D eigenvalue weighted by molar-refractivity contribution is 6.74. The van der Waals surface area contributed by atoms with Gasteiger partial charge in [0.1, 0.15) is 18.3 Å². The molecule has 0 unspecified atom stereocenters. The molecular formula is C28H48O6Si. The summed E-state index contributed by atoms with van der Waals surface area (Å²) in [5.41, 5.74) is 0.297. The summed E-state index contributed by atoms with van der Waals surface area (Å²) in [5.74, 6) is 1.11. The van der Waals surface area contributed by atoms with Crippen LogP contribution in [0.1, 0.15) is 59.9 Å². The molecule has 0 aromatic heterocycles. The van der Waals surface area contributed by atoms with Gasteiger partial charge in [-0.25, -0.2) is 0 Å². The number of ketones is 1. The van der Waals surface area contributed by atoms with E-state index in [0.29, 0.717) is 19.6 Å². The number of benzene rings is 1. The molecule has 7 heteroatoms. The van der Waals surface area contributed by atoms with Crippen LogP contribution >= 0.6 is 0 Å². The zero-order valence-corrected chi connectivity index (χ0v) is 24.6.